The molecule has 0 N–H and O–H groups in total. The van der Waals surface area contributed by atoms with Crippen LogP contribution < -0.4 is 0 Å². The molecule has 0 aromatic rings. The van der Waals surface area contributed by atoms with Crippen molar-refractivity contribution in [2.45, 2.75) is 12.8 Å². The first-order valence-electron chi connectivity index (χ1n) is 3.34. The highest BCUT2D eigenvalue weighted by molar-refractivity contribution is 5.22. The fraction of sp³-hybridized carbons (Fsp3) is 0.429. The Bertz CT molecular complexity index is 230. The van der Waals surface area contributed by atoms with Crippen LogP contribution in [0, 0.1) is 10.1 Å². The molecule has 0 heterocycles. The summed E-state index contributed by atoms with van der Waals surface area (Å²) in [5.74, 6) is 0.376. The van der Waals surface area contributed by atoms with Crippen LogP contribution in [-0.2, 0) is 4.74 Å². The van der Waals surface area contributed by atoms with Gasteiger partial charge in [0.05, 0.1) is 12.0 Å². The first kappa shape index (κ1) is 7.78. The molecule has 4 nitrogen and oxygen atoms in total. The molecule has 0 bridgehead atoms. The van der Waals surface area contributed by atoms with Crippen molar-refractivity contribution in [2.75, 3.05) is 7.11 Å². The summed E-state index contributed by atoms with van der Waals surface area (Å²) in [5, 5.41) is 10.3. The zero-order chi connectivity index (χ0) is 8.27. The third-order valence-corrected chi connectivity index (χ3v) is 1.50. The molecule has 0 amide bonds. The molecule has 0 unspecified atom stereocenters. The summed E-state index contributed by atoms with van der Waals surface area (Å²) in [4.78, 5) is 9.92. The quantitative estimate of drug-likeness (QED) is 0.448. The summed E-state index contributed by atoms with van der Waals surface area (Å²) in [6.45, 7) is 0. The van der Waals surface area contributed by atoms with E-state index in [1.165, 1.54) is 7.11 Å². The van der Waals surface area contributed by atoms with Gasteiger partial charge in [-0.05, 0) is 25.0 Å². The van der Waals surface area contributed by atoms with Gasteiger partial charge < -0.3 is 4.74 Å². The van der Waals surface area contributed by atoms with Crippen LogP contribution in [0.2, 0.25) is 0 Å². The van der Waals surface area contributed by atoms with E-state index in [1.807, 2.05) is 0 Å². The largest absolute Gasteiger partial charge is 0.490 e. The van der Waals surface area contributed by atoms with Crippen LogP contribution in [0.4, 0.5) is 0 Å². The number of hydrogen-bond donors (Lipinski definition) is 0. The minimum absolute atomic E-state index is 0.0822. The van der Waals surface area contributed by atoms with E-state index < -0.39 is 4.92 Å². The van der Waals surface area contributed by atoms with Crippen LogP contribution in [0.1, 0.15) is 12.8 Å². The highest BCUT2D eigenvalue weighted by atomic mass is 16.6. The second-order valence-electron chi connectivity index (χ2n) is 2.20. The predicted molar refractivity (Wildman–Crippen MR) is 39.4 cm³/mol. The number of hydrogen-bond acceptors (Lipinski definition) is 3. The van der Waals surface area contributed by atoms with Crippen LogP contribution in [0.15, 0.2) is 23.6 Å². The van der Waals surface area contributed by atoms with Gasteiger partial charge in [-0.3, -0.25) is 10.1 Å². The molecular weight excluding hydrogens is 146 g/mol. The molecule has 0 saturated carbocycles. The van der Waals surface area contributed by atoms with E-state index >= 15 is 0 Å². The van der Waals surface area contributed by atoms with Gasteiger partial charge in [-0.25, -0.2) is 0 Å². The highest BCUT2D eigenvalue weighted by Gasteiger charge is 2.19. The number of nitrogens with zero attached hydrogens (tertiary/aromatic N) is 1. The van der Waals surface area contributed by atoms with E-state index in [4.69, 9.17) is 4.74 Å². The molecule has 1 aliphatic carbocycles. The summed E-state index contributed by atoms with van der Waals surface area (Å²) in [7, 11) is 1.44. The maximum atomic E-state index is 10.3. The highest BCUT2D eigenvalue weighted by Crippen LogP contribution is 2.18. The monoisotopic (exact) mass is 155 g/mol. The van der Waals surface area contributed by atoms with Crippen LogP contribution in [0.3, 0.4) is 0 Å². The molecule has 0 spiro atoms. The zero-order valence-electron chi connectivity index (χ0n) is 6.24. The smallest absolute Gasteiger partial charge is 0.306 e. The molecule has 60 valence electrons. The molecule has 0 atom stereocenters. The Labute approximate surface area is 64.3 Å². The molecule has 11 heavy (non-hydrogen) atoms. The Hall–Kier alpha value is -1.32. The van der Waals surface area contributed by atoms with Crippen molar-refractivity contribution in [1.82, 2.24) is 0 Å². The minimum atomic E-state index is -0.422. The number of rotatable bonds is 2. The van der Waals surface area contributed by atoms with E-state index in [2.05, 4.69) is 0 Å². The number of methoxy groups -OCH3 is 1. The van der Waals surface area contributed by atoms with Crippen molar-refractivity contribution in [3.8, 4) is 0 Å². The lowest BCUT2D eigenvalue weighted by Gasteiger charge is -2.06. The lowest BCUT2D eigenvalue weighted by molar-refractivity contribution is -0.424. The third-order valence-electron chi connectivity index (χ3n) is 1.50. The van der Waals surface area contributed by atoms with Gasteiger partial charge in [-0.2, -0.15) is 0 Å². The molecule has 0 radical (unpaired) electrons. The van der Waals surface area contributed by atoms with Crippen molar-refractivity contribution < 1.29 is 9.66 Å². The lowest BCUT2D eigenvalue weighted by atomic mass is 10.1. The SMILES string of the molecule is COC1=CCCC=C1[N+](=O)[O-]. The van der Waals surface area contributed by atoms with E-state index in [-0.39, 0.29) is 5.70 Å². The standard InChI is InChI=1S/C7H9NO3/c1-11-7-5-3-2-4-6(7)8(9)10/h4-5H,2-3H2,1H3. The second-order valence-corrected chi connectivity index (χ2v) is 2.20. The minimum Gasteiger partial charge on any atom is -0.490 e. The van der Waals surface area contributed by atoms with Crippen molar-refractivity contribution in [3.05, 3.63) is 33.7 Å². The van der Waals surface area contributed by atoms with Gasteiger partial charge in [0.1, 0.15) is 0 Å². The Morgan fingerprint density at radius 3 is 2.64 bits per heavy atom. The number of nitro groups is 1. The van der Waals surface area contributed by atoms with Gasteiger partial charge >= 0.3 is 5.70 Å². The lowest BCUT2D eigenvalue weighted by Crippen LogP contribution is -2.06. The maximum Gasteiger partial charge on any atom is 0.306 e. The molecule has 1 rings (SSSR count). The van der Waals surface area contributed by atoms with Crippen LogP contribution >= 0.6 is 0 Å². The average molecular weight is 155 g/mol. The maximum absolute atomic E-state index is 10.3. The van der Waals surface area contributed by atoms with Crippen molar-refractivity contribution in [1.29, 1.82) is 0 Å². The normalized spacial score (nSPS) is 16.8. The molecule has 0 aromatic carbocycles. The second kappa shape index (κ2) is 3.18. The van der Waals surface area contributed by atoms with Crippen LogP contribution in [0.5, 0.6) is 0 Å². The van der Waals surface area contributed by atoms with Gasteiger partial charge in [0, 0.05) is 0 Å². The van der Waals surface area contributed by atoms with E-state index in [0.29, 0.717) is 5.76 Å². The Kier molecular flexibility index (Phi) is 2.25. The van der Waals surface area contributed by atoms with Crippen LogP contribution in [-0.4, -0.2) is 12.0 Å². The van der Waals surface area contributed by atoms with E-state index in [9.17, 15) is 10.1 Å². The summed E-state index contributed by atoms with van der Waals surface area (Å²) in [6, 6.07) is 0. The third kappa shape index (κ3) is 1.58. The molecule has 4 heteroatoms. The van der Waals surface area contributed by atoms with Gasteiger partial charge in [-0.15, -0.1) is 0 Å². The summed E-state index contributed by atoms with van der Waals surface area (Å²) >= 11 is 0. The van der Waals surface area contributed by atoms with Gasteiger partial charge in [0.25, 0.3) is 0 Å². The predicted octanol–water partition coefficient (Wildman–Crippen LogP) is 1.47. The summed E-state index contributed by atoms with van der Waals surface area (Å²) < 4.78 is 4.82. The Morgan fingerprint density at radius 2 is 2.18 bits per heavy atom. The van der Waals surface area contributed by atoms with Gasteiger partial charge in [0.15, 0.2) is 5.76 Å². The van der Waals surface area contributed by atoms with E-state index in [1.54, 1.807) is 12.2 Å². The van der Waals surface area contributed by atoms with Gasteiger partial charge in [-0.1, -0.05) is 0 Å². The average Bonchev–Trinajstić information content (AvgIpc) is 2.04. The molecule has 0 saturated heterocycles. The van der Waals surface area contributed by atoms with Crippen molar-refractivity contribution >= 4 is 0 Å². The van der Waals surface area contributed by atoms with E-state index in [0.717, 1.165) is 12.8 Å². The molecule has 0 aromatic heterocycles. The molecule has 1 aliphatic rings. The fourth-order valence-electron chi connectivity index (χ4n) is 0.992. The summed E-state index contributed by atoms with van der Waals surface area (Å²) in [6.07, 6.45) is 4.86. The fourth-order valence-corrected chi connectivity index (χ4v) is 0.992. The first-order chi connectivity index (χ1) is 5.25. The molecule has 0 aliphatic heterocycles. The topological polar surface area (TPSA) is 52.4 Å². The molecule has 0 fully saturated rings. The Morgan fingerprint density at radius 1 is 1.55 bits per heavy atom. The van der Waals surface area contributed by atoms with Crippen molar-refractivity contribution in [3.63, 3.8) is 0 Å². The van der Waals surface area contributed by atoms with Crippen LogP contribution in [0.25, 0.3) is 0 Å². The van der Waals surface area contributed by atoms with Gasteiger partial charge in [0.2, 0.25) is 0 Å². The number of allylic oxidation sites excluding steroid dienone is 2. The Balaban J connectivity index is 2.83. The summed E-state index contributed by atoms with van der Waals surface area (Å²) in [5.41, 5.74) is 0.0822. The first-order valence-corrected chi connectivity index (χ1v) is 3.34. The number of ether oxygens (including phenoxy) is 1. The zero-order valence-corrected chi connectivity index (χ0v) is 6.24. The molecular formula is C7H9NO3. The van der Waals surface area contributed by atoms with Crippen molar-refractivity contribution in [2.24, 2.45) is 0 Å².